The fraction of sp³-hybridized carbons (Fsp3) is 0.200. The standard InChI is InChI=1S/C10H9BrClN3/c1-7-2-3-9(4-10(7)11)15-6-8(5-12)13-14-15/h2-4,6H,5H2,1H3. The highest BCUT2D eigenvalue weighted by Gasteiger charge is 2.03. The summed E-state index contributed by atoms with van der Waals surface area (Å²) >= 11 is 9.14. The van der Waals surface area contributed by atoms with E-state index >= 15 is 0 Å². The number of rotatable bonds is 2. The number of aromatic nitrogens is 3. The Kier molecular flexibility index (Phi) is 3.07. The van der Waals surface area contributed by atoms with Crippen molar-refractivity contribution in [3.8, 4) is 5.69 Å². The zero-order valence-corrected chi connectivity index (χ0v) is 10.5. The minimum atomic E-state index is 0.382. The van der Waals surface area contributed by atoms with E-state index in [9.17, 15) is 0 Å². The van der Waals surface area contributed by atoms with Crippen LogP contribution in [0.1, 0.15) is 11.3 Å². The van der Waals surface area contributed by atoms with Gasteiger partial charge in [-0.2, -0.15) is 0 Å². The largest absolute Gasteiger partial charge is 0.220 e. The van der Waals surface area contributed by atoms with Gasteiger partial charge in [0, 0.05) is 4.47 Å². The van der Waals surface area contributed by atoms with Crippen LogP contribution in [-0.4, -0.2) is 15.0 Å². The molecule has 0 saturated heterocycles. The molecule has 2 rings (SSSR count). The van der Waals surface area contributed by atoms with E-state index in [0.29, 0.717) is 5.88 Å². The quantitative estimate of drug-likeness (QED) is 0.794. The van der Waals surface area contributed by atoms with E-state index in [1.54, 1.807) is 4.68 Å². The summed E-state index contributed by atoms with van der Waals surface area (Å²) in [5.74, 6) is 0.382. The summed E-state index contributed by atoms with van der Waals surface area (Å²) < 4.78 is 2.77. The lowest BCUT2D eigenvalue weighted by molar-refractivity contribution is 0.799. The highest BCUT2D eigenvalue weighted by atomic mass is 79.9. The SMILES string of the molecule is Cc1ccc(-n2cc(CCl)nn2)cc1Br. The van der Waals surface area contributed by atoms with Crippen LogP contribution >= 0.6 is 27.5 Å². The Labute approximate surface area is 101 Å². The van der Waals surface area contributed by atoms with E-state index in [4.69, 9.17) is 11.6 Å². The summed E-state index contributed by atoms with van der Waals surface area (Å²) in [5.41, 5.74) is 2.93. The van der Waals surface area contributed by atoms with Gasteiger partial charge in [-0.15, -0.1) is 16.7 Å². The Balaban J connectivity index is 2.40. The maximum Gasteiger partial charge on any atom is 0.0979 e. The molecule has 1 heterocycles. The molecule has 0 fully saturated rings. The van der Waals surface area contributed by atoms with Gasteiger partial charge >= 0.3 is 0 Å². The summed E-state index contributed by atoms with van der Waals surface area (Å²) in [6, 6.07) is 6.02. The third-order valence-corrected chi connectivity index (χ3v) is 3.23. The van der Waals surface area contributed by atoms with E-state index in [0.717, 1.165) is 15.9 Å². The first-order valence-corrected chi connectivity index (χ1v) is 5.77. The Morgan fingerprint density at radius 3 is 2.87 bits per heavy atom. The Bertz CT molecular complexity index is 481. The molecule has 3 nitrogen and oxygen atoms in total. The van der Waals surface area contributed by atoms with Crippen molar-refractivity contribution in [2.24, 2.45) is 0 Å². The van der Waals surface area contributed by atoms with Crippen LogP contribution in [0.5, 0.6) is 0 Å². The molecule has 2 aromatic rings. The monoisotopic (exact) mass is 285 g/mol. The van der Waals surface area contributed by atoms with Crippen LogP contribution in [0.4, 0.5) is 0 Å². The van der Waals surface area contributed by atoms with Crippen molar-refractivity contribution in [3.05, 3.63) is 40.1 Å². The third-order valence-electron chi connectivity index (χ3n) is 2.10. The second kappa shape index (κ2) is 4.33. The van der Waals surface area contributed by atoms with Gasteiger partial charge in [-0.25, -0.2) is 4.68 Å². The second-order valence-corrected chi connectivity index (χ2v) is 4.34. The van der Waals surface area contributed by atoms with Crippen LogP contribution in [0.25, 0.3) is 5.69 Å². The molecule has 1 aromatic heterocycles. The topological polar surface area (TPSA) is 30.7 Å². The van der Waals surface area contributed by atoms with Crippen LogP contribution in [-0.2, 0) is 5.88 Å². The van der Waals surface area contributed by atoms with Gasteiger partial charge in [0.25, 0.3) is 0 Å². The lowest BCUT2D eigenvalue weighted by atomic mass is 10.2. The number of halogens is 2. The van der Waals surface area contributed by atoms with Crippen molar-refractivity contribution in [1.29, 1.82) is 0 Å². The predicted molar refractivity (Wildman–Crippen MR) is 63.4 cm³/mol. The summed E-state index contributed by atoms with van der Waals surface area (Å²) in [6.45, 7) is 2.04. The Morgan fingerprint density at radius 1 is 1.47 bits per heavy atom. The maximum absolute atomic E-state index is 5.66. The van der Waals surface area contributed by atoms with E-state index < -0.39 is 0 Å². The van der Waals surface area contributed by atoms with Crippen molar-refractivity contribution in [2.75, 3.05) is 0 Å². The molecule has 15 heavy (non-hydrogen) atoms. The maximum atomic E-state index is 5.66. The molecule has 0 aliphatic carbocycles. The van der Waals surface area contributed by atoms with Crippen LogP contribution in [0.2, 0.25) is 0 Å². The fourth-order valence-corrected chi connectivity index (χ4v) is 1.70. The normalized spacial score (nSPS) is 10.6. The lowest BCUT2D eigenvalue weighted by Gasteiger charge is -2.02. The van der Waals surface area contributed by atoms with Crippen molar-refractivity contribution in [1.82, 2.24) is 15.0 Å². The van der Waals surface area contributed by atoms with E-state index in [1.165, 1.54) is 5.56 Å². The van der Waals surface area contributed by atoms with Gasteiger partial charge in [0.05, 0.1) is 23.5 Å². The van der Waals surface area contributed by atoms with Gasteiger partial charge in [0.1, 0.15) is 0 Å². The molecule has 0 bridgehead atoms. The molecular formula is C10H9BrClN3. The number of aryl methyl sites for hydroxylation is 1. The van der Waals surface area contributed by atoms with Crippen molar-refractivity contribution >= 4 is 27.5 Å². The van der Waals surface area contributed by atoms with E-state index in [2.05, 4.69) is 26.2 Å². The molecule has 0 saturated carbocycles. The van der Waals surface area contributed by atoms with Gasteiger partial charge < -0.3 is 0 Å². The van der Waals surface area contributed by atoms with Gasteiger partial charge in [-0.1, -0.05) is 27.2 Å². The predicted octanol–water partition coefficient (Wildman–Crippen LogP) is 3.08. The highest BCUT2D eigenvalue weighted by molar-refractivity contribution is 9.10. The minimum Gasteiger partial charge on any atom is -0.220 e. The van der Waals surface area contributed by atoms with Crippen LogP contribution in [0, 0.1) is 6.92 Å². The molecule has 0 radical (unpaired) electrons. The van der Waals surface area contributed by atoms with Gasteiger partial charge in [-0.3, -0.25) is 0 Å². The van der Waals surface area contributed by atoms with E-state index in [1.807, 2.05) is 31.3 Å². The molecule has 0 aliphatic heterocycles. The molecule has 1 aromatic carbocycles. The number of hydrogen-bond acceptors (Lipinski definition) is 2. The summed E-state index contributed by atoms with van der Waals surface area (Å²) in [5, 5.41) is 7.92. The van der Waals surface area contributed by atoms with Crippen LogP contribution < -0.4 is 0 Å². The highest BCUT2D eigenvalue weighted by Crippen LogP contribution is 2.19. The summed E-state index contributed by atoms with van der Waals surface area (Å²) in [7, 11) is 0. The average Bonchev–Trinajstić information content (AvgIpc) is 2.70. The minimum absolute atomic E-state index is 0.382. The first kappa shape index (κ1) is 10.6. The molecule has 0 N–H and O–H groups in total. The molecule has 0 amide bonds. The van der Waals surface area contributed by atoms with Gasteiger partial charge in [-0.05, 0) is 24.6 Å². The van der Waals surface area contributed by atoms with Crippen molar-refractivity contribution in [2.45, 2.75) is 12.8 Å². The molecule has 0 unspecified atom stereocenters. The molecule has 0 spiro atoms. The first-order chi connectivity index (χ1) is 7.20. The molecule has 78 valence electrons. The zero-order chi connectivity index (χ0) is 10.8. The molecule has 5 heteroatoms. The number of hydrogen-bond donors (Lipinski definition) is 0. The number of nitrogens with zero attached hydrogens (tertiary/aromatic N) is 3. The Hall–Kier alpha value is -0.870. The summed E-state index contributed by atoms with van der Waals surface area (Å²) in [6.07, 6.45) is 1.82. The molecule has 0 aliphatic rings. The number of benzene rings is 1. The molecular weight excluding hydrogens is 277 g/mol. The van der Waals surface area contributed by atoms with Crippen molar-refractivity contribution in [3.63, 3.8) is 0 Å². The second-order valence-electron chi connectivity index (χ2n) is 3.22. The smallest absolute Gasteiger partial charge is 0.0979 e. The lowest BCUT2D eigenvalue weighted by Crippen LogP contribution is -1.95. The van der Waals surface area contributed by atoms with Crippen LogP contribution in [0.3, 0.4) is 0 Å². The Morgan fingerprint density at radius 2 is 2.27 bits per heavy atom. The van der Waals surface area contributed by atoms with Gasteiger partial charge in [0.15, 0.2) is 0 Å². The third kappa shape index (κ3) is 2.21. The average molecular weight is 287 g/mol. The summed E-state index contributed by atoms with van der Waals surface area (Å²) in [4.78, 5) is 0. The zero-order valence-electron chi connectivity index (χ0n) is 8.11. The molecule has 0 atom stereocenters. The number of alkyl halides is 1. The van der Waals surface area contributed by atoms with Gasteiger partial charge in [0.2, 0.25) is 0 Å². The fourth-order valence-electron chi connectivity index (χ4n) is 1.21. The first-order valence-electron chi connectivity index (χ1n) is 4.44. The van der Waals surface area contributed by atoms with Crippen LogP contribution in [0.15, 0.2) is 28.9 Å². The van der Waals surface area contributed by atoms with E-state index in [-0.39, 0.29) is 0 Å². The van der Waals surface area contributed by atoms with Crippen molar-refractivity contribution < 1.29 is 0 Å².